The molecule has 22 heavy (non-hydrogen) atoms. The molecule has 0 radical (unpaired) electrons. The Bertz CT molecular complexity index is 722. The van der Waals surface area contributed by atoms with Gasteiger partial charge in [-0.15, -0.1) is 0 Å². The summed E-state index contributed by atoms with van der Waals surface area (Å²) in [6, 6.07) is 7.51. The van der Waals surface area contributed by atoms with Crippen LogP contribution in [-0.2, 0) is 4.79 Å². The van der Waals surface area contributed by atoms with Gasteiger partial charge < -0.3 is 20.4 Å². The lowest BCUT2D eigenvalue weighted by Gasteiger charge is -2.14. The van der Waals surface area contributed by atoms with Crippen molar-refractivity contribution in [2.45, 2.75) is 13.3 Å². The predicted octanol–water partition coefficient (Wildman–Crippen LogP) is 1.51. The van der Waals surface area contributed by atoms with Crippen LogP contribution in [0.4, 0.5) is 0 Å². The van der Waals surface area contributed by atoms with Crippen molar-refractivity contribution in [3.63, 3.8) is 0 Å². The Morgan fingerprint density at radius 2 is 2.23 bits per heavy atom. The van der Waals surface area contributed by atoms with E-state index in [-0.39, 0.29) is 17.7 Å². The average molecular weight is 301 g/mol. The van der Waals surface area contributed by atoms with Gasteiger partial charge in [-0.3, -0.25) is 9.59 Å². The minimum atomic E-state index is -0.340. The number of hydrogen-bond donors (Lipinski definition) is 2. The van der Waals surface area contributed by atoms with Gasteiger partial charge in [-0.25, -0.2) is 0 Å². The summed E-state index contributed by atoms with van der Waals surface area (Å²) in [4.78, 5) is 28.5. The third-order valence-electron chi connectivity index (χ3n) is 4.01. The molecule has 1 aromatic heterocycles. The number of amides is 2. The van der Waals surface area contributed by atoms with E-state index in [4.69, 9.17) is 10.5 Å². The molecule has 2 amide bonds. The van der Waals surface area contributed by atoms with Crippen LogP contribution in [0.3, 0.4) is 0 Å². The second-order valence-corrected chi connectivity index (χ2v) is 5.50. The Balaban J connectivity index is 1.81. The number of aromatic amines is 1. The zero-order valence-corrected chi connectivity index (χ0v) is 12.5. The van der Waals surface area contributed by atoms with E-state index in [1.54, 1.807) is 4.90 Å². The van der Waals surface area contributed by atoms with E-state index in [0.717, 1.165) is 16.7 Å². The zero-order valence-electron chi connectivity index (χ0n) is 12.5. The van der Waals surface area contributed by atoms with Crippen LogP contribution < -0.4 is 10.5 Å². The maximum atomic E-state index is 12.5. The minimum Gasteiger partial charge on any atom is -0.494 e. The molecule has 1 aliphatic rings. The molecule has 3 N–H and O–H groups in total. The molecule has 1 aliphatic heterocycles. The number of primary amides is 1. The smallest absolute Gasteiger partial charge is 0.270 e. The van der Waals surface area contributed by atoms with Crippen LogP contribution in [0.25, 0.3) is 10.9 Å². The number of hydrogen-bond acceptors (Lipinski definition) is 3. The SMILES string of the molecule is CCOc1ccc2cc(C(=O)N3CCC(C(N)=O)C3)[nH]c2c1. The van der Waals surface area contributed by atoms with Gasteiger partial charge in [0.25, 0.3) is 5.91 Å². The van der Waals surface area contributed by atoms with Crippen molar-refractivity contribution in [3.05, 3.63) is 30.0 Å². The molecule has 0 bridgehead atoms. The van der Waals surface area contributed by atoms with Gasteiger partial charge in [-0.2, -0.15) is 0 Å². The lowest BCUT2D eigenvalue weighted by Crippen LogP contribution is -2.31. The van der Waals surface area contributed by atoms with E-state index in [0.29, 0.717) is 31.8 Å². The number of nitrogens with one attached hydrogen (secondary N) is 1. The first-order valence-corrected chi connectivity index (χ1v) is 7.42. The second-order valence-electron chi connectivity index (χ2n) is 5.50. The molecule has 1 fully saturated rings. The van der Waals surface area contributed by atoms with Crippen LogP contribution in [0.5, 0.6) is 5.75 Å². The van der Waals surface area contributed by atoms with Gasteiger partial charge in [0.1, 0.15) is 11.4 Å². The number of rotatable bonds is 4. The number of likely N-dealkylation sites (tertiary alicyclic amines) is 1. The molecule has 0 aliphatic carbocycles. The number of H-pyrrole nitrogens is 1. The summed E-state index contributed by atoms with van der Waals surface area (Å²) in [6.45, 7) is 3.48. The first kappa shape index (κ1) is 14.4. The van der Waals surface area contributed by atoms with E-state index in [2.05, 4.69) is 4.98 Å². The maximum absolute atomic E-state index is 12.5. The van der Waals surface area contributed by atoms with E-state index in [9.17, 15) is 9.59 Å². The normalized spacial score (nSPS) is 17.9. The highest BCUT2D eigenvalue weighted by atomic mass is 16.5. The second kappa shape index (κ2) is 5.71. The summed E-state index contributed by atoms with van der Waals surface area (Å²) in [5.74, 6) is 0.0925. The van der Waals surface area contributed by atoms with E-state index >= 15 is 0 Å². The lowest BCUT2D eigenvalue weighted by atomic mass is 10.1. The molecule has 3 rings (SSSR count). The fraction of sp³-hybridized carbons (Fsp3) is 0.375. The lowest BCUT2D eigenvalue weighted by molar-refractivity contribution is -0.121. The molecule has 1 atom stereocenters. The Hall–Kier alpha value is -2.50. The van der Waals surface area contributed by atoms with Crippen LogP contribution in [0.15, 0.2) is 24.3 Å². The van der Waals surface area contributed by atoms with Crippen LogP contribution >= 0.6 is 0 Å². The molecule has 1 aromatic carbocycles. The highest BCUT2D eigenvalue weighted by Gasteiger charge is 2.30. The van der Waals surface area contributed by atoms with Crippen LogP contribution in [-0.4, -0.2) is 41.4 Å². The van der Waals surface area contributed by atoms with Gasteiger partial charge in [-0.1, -0.05) is 0 Å². The number of nitrogens with zero attached hydrogens (tertiary/aromatic N) is 1. The molecule has 116 valence electrons. The third-order valence-corrected chi connectivity index (χ3v) is 4.01. The van der Waals surface area contributed by atoms with Crippen molar-refractivity contribution >= 4 is 22.7 Å². The van der Waals surface area contributed by atoms with Crippen molar-refractivity contribution in [1.82, 2.24) is 9.88 Å². The number of carbonyl (C=O) groups excluding carboxylic acids is 2. The molecule has 1 unspecified atom stereocenters. The van der Waals surface area contributed by atoms with Crippen LogP contribution in [0, 0.1) is 5.92 Å². The quantitative estimate of drug-likeness (QED) is 0.897. The van der Waals surface area contributed by atoms with Gasteiger partial charge in [0, 0.05) is 30.1 Å². The number of carbonyl (C=O) groups is 2. The maximum Gasteiger partial charge on any atom is 0.270 e. The zero-order chi connectivity index (χ0) is 15.7. The summed E-state index contributed by atoms with van der Waals surface area (Å²) in [7, 11) is 0. The van der Waals surface area contributed by atoms with Gasteiger partial charge >= 0.3 is 0 Å². The summed E-state index contributed by atoms with van der Waals surface area (Å²) in [6.07, 6.45) is 0.635. The van der Waals surface area contributed by atoms with Gasteiger partial charge in [0.05, 0.1) is 12.5 Å². The monoisotopic (exact) mass is 301 g/mol. The Labute approximate surface area is 128 Å². The number of benzene rings is 1. The fourth-order valence-corrected chi connectivity index (χ4v) is 2.83. The number of fused-ring (bicyclic) bond motifs is 1. The first-order valence-electron chi connectivity index (χ1n) is 7.42. The van der Waals surface area contributed by atoms with Gasteiger partial charge in [0.15, 0.2) is 0 Å². The average Bonchev–Trinajstić information content (AvgIpc) is 3.13. The first-order chi connectivity index (χ1) is 10.6. The predicted molar refractivity (Wildman–Crippen MR) is 82.7 cm³/mol. The summed E-state index contributed by atoms with van der Waals surface area (Å²) in [5.41, 5.74) is 6.69. The van der Waals surface area contributed by atoms with Crippen molar-refractivity contribution in [2.24, 2.45) is 11.7 Å². The molecule has 6 heteroatoms. The van der Waals surface area contributed by atoms with Crippen LogP contribution in [0.2, 0.25) is 0 Å². The standard InChI is InChI=1S/C16H19N3O3/c1-2-22-12-4-3-10-7-14(18-13(10)8-12)16(21)19-6-5-11(9-19)15(17)20/h3-4,7-8,11,18H,2,5-6,9H2,1H3,(H2,17,20). The van der Waals surface area contributed by atoms with Crippen molar-refractivity contribution < 1.29 is 14.3 Å². The molecule has 0 saturated carbocycles. The molecular weight excluding hydrogens is 282 g/mol. The molecule has 2 aromatic rings. The van der Waals surface area contributed by atoms with Crippen molar-refractivity contribution in [2.75, 3.05) is 19.7 Å². The van der Waals surface area contributed by atoms with Gasteiger partial charge in [-0.05, 0) is 31.5 Å². The van der Waals surface area contributed by atoms with Gasteiger partial charge in [0.2, 0.25) is 5.91 Å². The number of aromatic nitrogens is 1. The largest absolute Gasteiger partial charge is 0.494 e. The molecule has 0 spiro atoms. The molecular formula is C16H19N3O3. The van der Waals surface area contributed by atoms with Crippen LogP contribution in [0.1, 0.15) is 23.8 Å². The fourth-order valence-electron chi connectivity index (χ4n) is 2.83. The van der Waals surface area contributed by atoms with E-state index in [1.165, 1.54) is 0 Å². The van der Waals surface area contributed by atoms with E-state index < -0.39 is 0 Å². The van der Waals surface area contributed by atoms with Crippen molar-refractivity contribution in [3.8, 4) is 5.75 Å². The third kappa shape index (κ3) is 2.64. The topological polar surface area (TPSA) is 88.4 Å². The molecule has 6 nitrogen and oxygen atoms in total. The molecule has 1 saturated heterocycles. The molecule has 2 heterocycles. The summed E-state index contributed by atoms with van der Waals surface area (Å²) >= 11 is 0. The Kier molecular flexibility index (Phi) is 3.75. The Morgan fingerprint density at radius 3 is 2.91 bits per heavy atom. The highest BCUT2D eigenvalue weighted by Crippen LogP contribution is 2.24. The Morgan fingerprint density at radius 1 is 1.41 bits per heavy atom. The number of nitrogens with two attached hydrogens (primary N) is 1. The van der Waals surface area contributed by atoms with E-state index in [1.807, 2.05) is 31.2 Å². The minimum absolute atomic E-state index is 0.0992. The van der Waals surface area contributed by atoms with Crippen molar-refractivity contribution in [1.29, 1.82) is 0 Å². The summed E-state index contributed by atoms with van der Waals surface area (Å²) in [5, 5.41) is 0.956. The highest BCUT2D eigenvalue weighted by molar-refractivity contribution is 5.98. The number of ether oxygens (including phenoxy) is 1. The summed E-state index contributed by atoms with van der Waals surface area (Å²) < 4.78 is 5.46.